The molecule has 2 aromatic carbocycles. The summed E-state index contributed by atoms with van der Waals surface area (Å²) in [7, 11) is 3.08. The summed E-state index contributed by atoms with van der Waals surface area (Å²) in [6.07, 6.45) is 3.30. The Morgan fingerprint density at radius 2 is 1.71 bits per heavy atom. The Morgan fingerprint density at radius 1 is 0.893 bits per heavy atom. The number of benzene rings is 2. The van der Waals surface area contributed by atoms with Crippen LogP contribution in [-0.2, 0) is 0 Å². The Labute approximate surface area is 162 Å². The van der Waals surface area contributed by atoms with Crippen molar-refractivity contribution in [2.45, 2.75) is 0 Å². The summed E-state index contributed by atoms with van der Waals surface area (Å²) in [5, 5.41) is 2.71. The molecule has 0 fully saturated rings. The Balaban J connectivity index is 1.60. The minimum atomic E-state index is -0.466. The first-order valence-electron chi connectivity index (χ1n) is 8.41. The van der Waals surface area contributed by atoms with E-state index in [1.807, 2.05) is 12.1 Å². The summed E-state index contributed by atoms with van der Waals surface area (Å²) < 4.78 is 16.1. The molecule has 0 bridgehead atoms. The fourth-order valence-electron chi connectivity index (χ4n) is 2.37. The molecule has 0 aliphatic rings. The van der Waals surface area contributed by atoms with E-state index in [9.17, 15) is 4.79 Å². The number of anilines is 2. The van der Waals surface area contributed by atoms with Gasteiger partial charge in [-0.1, -0.05) is 6.07 Å². The number of urea groups is 1. The number of ether oxygens (including phenoxy) is 3. The lowest BCUT2D eigenvalue weighted by Crippen LogP contribution is -2.33. The number of carbonyl (C=O) groups is 1. The Kier molecular flexibility index (Phi) is 6.14. The third kappa shape index (κ3) is 5.04. The SMILES string of the molecule is COc1ccc(OC)c(NC(=O)NNc2cccc(Oc3ccncc3)c2)c1. The Morgan fingerprint density at radius 3 is 2.46 bits per heavy atom. The number of nitrogens with one attached hydrogen (secondary N) is 3. The van der Waals surface area contributed by atoms with Crippen LogP contribution in [0.25, 0.3) is 0 Å². The molecule has 0 saturated carbocycles. The van der Waals surface area contributed by atoms with Crippen molar-refractivity contribution in [3.8, 4) is 23.0 Å². The maximum Gasteiger partial charge on any atom is 0.337 e. The third-order valence-corrected chi connectivity index (χ3v) is 3.69. The minimum absolute atomic E-state index is 0.466. The van der Waals surface area contributed by atoms with Gasteiger partial charge >= 0.3 is 6.03 Å². The van der Waals surface area contributed by atoms with Crippen LogP contribution in [0.15, 0.2) is 67.0 Å². The highest BCUT2D eigenvalue weighted by Gasteiger charge is 2.09. The average molecular weight is 380 g/mol. The van der Waals surface area contributed by atoms with Crippen molar-refractivity contribution in [3.05, 3.63) is 67.0 Å². The van der Waals surface area contributed by atoms with Crippen LogP contribution in [0.3, 0.4) is 0 Å². The van der Waals surface area contributed by atoms with Gasteiger partial charge < -0.3 is 19.5 Å². The molecule has 0 spiro atoms. The van der Waals surface area contributed by atoms with Crippen molar-refractivity contribution in [1.29, 1.82) is 0 Å². The summed E-state index contributed by atoms with van der Waals surface area (Å²) in [4.78, 5) is 16.2. The van der Waals surface area contributed by atoms with Crippen molar-refractivity contribution in [2.75, 3.05) is 25.0 Å². The van der Waals surface area contributed by atoms with E-state index in [2.05, 4.69) is 21.2 Å². The summed E-state index contributed by atoms with van der Waals surface area (Å²) in [5.41, 5.74) is 6.53. The molecule has 8 nitrogen and oxygen atoms in total. The lowest BCUT2D eigenvalue weighted by Gasteiger charge is -2.14. The van der Waals surface area contributed by atoms with Crippen molar-refractivity contribution in [1.82, 2.24) is 10.4 Å². The number of aromatic nitrogens is 1. The third-order valence-electron chi connectivity index (χ3n) is 3.69. The highest BCUT2D eigenvalue weighted by Crippen LogP contribution is 2.28. The van der Waals surface area contributed by atoms with E-state index in [1.165, 1.54) is 7.11 Å². The van der Waals surface area contributed by atoms with Gasteiger partial charge in [0.2, 0.25) is 0 Å². The molecule has 3 aromatic rings. The zero-order chi connectivity index (χ0) is 19.8. The van der Waals surface area contributed by atoms with Crippen LogP contribution in [-0.4, -0.2) is 25.2 Å². The zero-order valence-corrected chi connectivity index (χ0v) is 15.4. The first-order valence-corrected chi connectivity index (χ1v) is 8.41. The number of carbonyl (C=O) groups excluding carboxylic acids is 1. The van der Waals surface area contributed by atoms with Gasteiger partial charge in [0.25, 0.3) is 0 Å². The Bertz CT molecular complexity index is 934. The van der Waals surface area contributed by atoms with Gasteiger partial charge in [-0.3, -0.25) is 15.8 Å². The summed E-state index contributed by atoms with van der Waals surface area (Å²) in [5.74, 6) is 2.41. The van der Waals surface area contributed by atoms with Gasteiger partial charge in [-0.2, -0.15) is 0 Å². The largest absolute Gasteiger partial charge is 0.497 e. The molecule has 0 radical (unpaired) electrons. The molecule has 2 amide bonds. The average Bonchev–Trinajstić information content (AvgIpc) is 2.73. The first-order chi connectivity index (χ1) is 13.7. The second-order valence-corrected chi connectivity index (χ2v) is 5.58. The summed E-state index contributed by atoms with van der Waals surface area (Å²) in [6.45, 7) is 0. The normalized spacial score (nSPS) is 9.93. The maximum absolute atomic E-state index is 12.2. The van der Waals surface area contributed by atoms with Gasteiger partial charge in [0.05, 0.1) is 25.6 Å². The van der Waals surface area contributed by atoms with E-state index in [1.54, 1.807) is 62.0 Å². The number of methoxy groups -OCH3 is 2. The lowest BCUT2D eigenvalue weighted by molar-refractivity contribution is 0.253. The van der Waals surface area contributed by atoms with E-state index in [0.29, 0.717) is 34.4 Å². The Hall–Kier alpha value is -3.94. The number of hydrogen-bond acceptors (Lipinski definition) is 6. The molecule has 144 valence electrons. The van der Waals surface area contributed by atoms with Crippen LogP contribution < -0.4 is 30.4 Å². The van der Waals surface area contributed by atoms with Gasteiger partial charge in [0.15, 0.2) is 0 Å². The van der Waals surface area contributed by atoms with Crippen LogP contribution in [0.4, 0.5) is 16.2 Å². The molecule has 3 rings (SSSR count). The predicted octanol–water partition coefficient (Wildman–Crippen LogP) is 4.04. The maximum atomic E-state index is 12.2. The quantitative estimate of drug-likeness (QED) is 0.536. The first kappa shape index (κ1) is 18.8. The molecule has 8 heteroatoms. The van der Waals surface area contributed by atoms with Crippen LogP contribution in [0, 0.1) is 0 Å². The van der Waals surface area contributed by atoms with E-state index in [4.69, 9.17) is 14.2 Å². The molecule has 1 aromatic heterocycles. The predicted molar refractivity (Wildman–Crippen MR) is 106 cm³/mol. The molecule has 1 heterocycles. The number of hydrogen-bond donors (Lipinski definition) is 3. The minimum Gasteiger partial charge on any atom is -0.497 e. The van der Waals surface area contributed by atoms with Crippen LogP contribution in [0.1, 0.15) is 0 Å². The zero-order valence-electron chi connectivity index (χ0n) is 15.4. The fraction of sp³-hybridized carbons (Fsp3) is 0.100. The standard InChI is InChI=1S/C20H20N4O4/c1-26-16-6-7-19(27-2)18(13-16)22-20(25)24-23-14-4-3-5-17(12-14)28-15-8-10-21-11-9-15/h3-13,23H,1-2H3,(H2,22,24,25). The second-order valence-electron chi connectivity index (χ2n) is 5.58. The van der Waals surface area contributed by atoms with Gasteiger partial charge in [0.1, 0.15) is 23.0 Å². The smallest absolute Gasteiger partial charge is 0.337 e. The molecule has 0 unspecified atom stereocenters. The number of nitrogens with zero attached hydrogens (tertiary/aromatic N) is 1. The number of amides is 2. The van der Waals surface area contributed by atoms with Crippen molar-refractivity contribution in [2.24, 2.45) is 0 Å². The topological polar surface area (TPSA) is 93.7 Å². The van der Waals surface area contributed by atoms with E-state index in [-0.39, 0.29) is 0 Å². The van der Waals surface area contributed by atoms with Crippen molar-refractivity contribution in [3.63, 3.8) is 0 Å². The van der Waals surface area contributed by atoms with Crippen LogP contribution in [0.2, 0.25) is 0 Å². The van der Waals surface area contributed by atoms with E-state index in [0.717, 1.165) is 0 Å². The second kappa shape index (κ2) is 9.13. The van der Waals surface area contributed by atoms with E-state index >= 15 is 0 Å². The van der Waals surface area contributed by atoms with Crippen molar-refractivity contribution >= 4 is 17.4 Å². The summed E-state index contributed by atoms with van der Waals surface area (Å²) in [6, 6.07) is 15.3. The molecular weight excluding hydrogens is 360 g/mol. The van der Waals surface area contributed by atoms with Gasteiger partial charge in [-0.15, -0.1) is 0 Å². The molecule has 0 aliphatic heterocycles. The highest BCUT2D eigenvalue weighted by molar-refractivity contribution is 5.91. The van der Waals surface area contributed by atoms with Crippen LogP contribution >= 0.6 is 0 Å². The molecule has 28 heavy (non-hydrogen) atoms. The monoisotopic (exact) mass is 380 g/mol. The van der Waals surface area contributed by atoms with Gasteiger partial charge in [-0.05, 0) is 36.4 Å². The number of hydrazine groups is 1. The molecule has 0 aliphatic carbocycles. The highest BCUT2D eigenvalue weighted by atomic mass is 16.5. The van der Waals surface area contributed by atoms with Crippen LogP contribution in [0.5, 0.6) is 23.0 Å². The van der Waals surface area contributed by atoms with E-state index < -0.39 is 6.03 Å². The van der Waals surface area contributed by atoms with Crippen molar-refractivity contribution < 1.29 is 19.0 Å². The van der Waals surface area contributed by atoms with Gasteiger partial charge in [0, 0.05) is 24.5 Å². The fourth-order valence-corrected chi connectivity index (χ4v) is 2.37. The molecule has 0 saturated heterocycles. The van der Waals surface area contributed by atoms with Gasteiger partial charge in [-0.25, -0.2) is 4.79 Å². The lowest BCUT2D eigenvalue weighted by atomic mass is 10.2. The molecule has 3 N–H and O–H groups in total. The summed E-state index contributed by atoms with van der Waals surface area (Å²) >= 11 is 0. The molecular formula is C20H20N4O4. The molecule has 0 atom stereocenters. The number of rotatable bonds is 7. The number of pyridine rings is 1.